The van der Waals surface area contributed by atoms with Gasteiger partial charge in [0.15, 0.2) is 11.5 Å². The van der Waals surface area contributed by atoms with Gasteiger partial charge >= 0.3 is 5.97 Å². The number of aliphatic carboxylic acids is 1. The second-order valence-corrected chi connectivity index (χ2v) is 5.84. The van der Waals surface area contributed by atoms with E-state index in [1.807, 2.05) is 34.9 Å². The smallest absolute Gasteiger partial charge is 0.305 e. The first kappa shape index (κ1) is 15.3. The lowest BCUT2D eigenvalue weighted by molar-refractivity contribution is -0.137. The zero-order valence-electron chi connectivity index (χ0n) is 13.4. The monoisotopic (exact) mass is 339 g/mol. The van der Waals surface area contributed by atoms with E-state index >= 15 is 0 Å². The van der Waals surface area contributed by atoms with Crippen LogP contribution in [-0.2, 0) is 11.3 Å². The van der Waals surface area contributed by atoms with Crippen LogP contribution in [0.4, 0.5) is 5.69 Å². The van der Waals surface area contributed by atoms with E-state index in [-0.39, 0.29) is 6.42 Å². The third kappa shape index (κ3) is 2.84. The maximum absolute atomic E-state index is 11.1. The van der Waals surface area contributed by atoms with Crippen molar-refractivity contribution >= 4 is 22.7 Å². The molecular weight excluding hydrogens is 322 g/mol. The van der Waals surface area contributed by atoms with Crippen LogP contribution in [-0.4, -0.2) is 33.8 Å². The Morgan fingerprint density at radius 2 is 1.96 bits per heavy atom. The summed E-state index contributed by atoms with van der Waals surface area (Å²) in [4.78, 5) is 15.8. The third-order valence-corrected chi connectivity index (χ3v) is 4.11. The number of aromatic nitrogens is 2. The van der Waals surface area contributed by atoms with E-state index in [2.05, 4.69) is 4.98 Å². The van der Waals surface area contributed by atoms with Crippen molar-refractivity contribution in [2.75, 3.05) is 18.9 Å². The number of nitrogens with zero attached hydrogens (tertiary/aromatic N) is 2. The van der Waals surface area contributed by atoms with E-state index in [1.165, 1.54) is 0 Å². The Labute approximate surface area is 143 Å². The van der Waals surface area contributed by atoms with Gasteiger partial charge in [-0.2, -0.15) is 0 Å². The molecule has 1 aromatic heterocycles. The summed E-state index contributed by atoms with van der Waals surface area (Å²) in [5.74, 6) is 1.11. The molecule has 3 aromatic rings. The first-order valence-electron chi connectivity index (χ1n) is 7.99. The molecule has 2 aromatic carbocycles. The molecule has 7 nitrogen and oxygen atoms in total. The van der Waals surface area contributed by atoms with Crippen LogP contribution in [0, 0.1) is 0 Å². The quantitative estimate of drug-likeness (QED) is 0.709. The van der Waals surface area contributed by atoms with Crippen LogP contribution in [0.15, 0.2) is 36.4 Å². The average Bonchev–Trinajstić information content (AvgIpc) is 2.95. The molecule has 0 amide bonds. The van der Waals surface area contributed by atoms with Gasteiger partial charge in [-0.3, -0.25) is 4.79 Å². The number of ether oxygens (including phenoxy) is 2. The first-order valence-corrected chi connectivity index (χ1v) is 7.99. The summed E-state index contributed by atoms with van der Waals surface area (Å²) in [7, 11) is 0. The van der Waals surface area contributed by atoms with Crippen LogP contribution in [0.1, 0.15) is 6.42 Å². The molecule has 0 saturated carbocycles. The molecular formula is C18H17N3O4. The highest BCUT2D eigenvalue weighted by Crippen LogP contribution is 2.36. The molecule has 4 rings (SSSR count). The normalized spacial score (nSPS) is 13.1. The molecule has 2 heterocycles. The Hall–Kier alpha value is -3.22. The molecule has 7 heteroatoms. The maximum atomic E-state index is 11.1. The van der Waals surface area contributed by atoms with Crippen LogP contribution in [0.5, 0.6) is 11.5 Å². The summed E-state index contributed by atoms with van der Waals surface area (Å²) in [5.41, 5.74) is 8.89. The van der Waals surface area contributed by atoms with Gasteiger partial charge in [-0.25, -0.2) is 4.98 Å². The topological polar surface area (TPSA) is 99.6 Å². The molecule has 0 radical (unpaired) electrons. The maximum Gasteiger partial charge on any atom is 0.305 e. The molecule has 128 valence electrons. The Kier molecular flexibility index (Phi) is 3.68. The largest absolute Gasteiger partial charge is 0.486 e. The van der Waals surface area contributed by atoms with E-state index in [0.29, 0.717) is 42.8 Å². The summed E-state index contributed by atoms with van der Waals surface area (Å²) in [6, 6.07) is 11.1. The van der Waals surface area contributed by atoms with Gasteiger partial charge in [-0.1, -0.05) is 12.1 Å². The standard InChI is InChI=1S/C18H17N3O4/c19-12-3-1-2-11(8-12)18-20-13-9-15-16(25-7-6-24-15)10-14(13)21(18)5-4-17(22)23/h1-3,8-10H,4-7,19H2,(H,22,23). The summed E-state index contributed by atoms with van der Waals surface area (Å²) >= 11 is 0. The Bertz CT molecular complexity index is 964. The van der Waals surface area contributed by atoms with Gasteiger partial charge in [0.05, 0.1) is 17.5 Å². The summed E-state index contributed by atoms with van der Waals surface area (Å²) in [6.07, 6.45) is -0.00474. The number of carbonyl (C=O) groups is 1. The second kappa shape index (κ2) is 6.01. The SMILES string of the molecule is Nc1cccc(-c2nc3cc4c(cc3n2CCC(=O)O)OCCO4)c1. The van der Waals surface area contributed by atoms with Crippen molar-refractivity contribution in [3.63, 3.8) is 0 Å². The van der Waals surface area contributed by atoms with Crippen LogP contribution in [0.25, 0.3) is 22.4 Å². The Morgan fingerprint density at radius 3 is 2.68 bits per heavy atom. The molecule has 0 aliphatic carbocycles. The van der Waals surface area contributed by atoms with Crippen molar-refractivity contribution < 1.29 is 19.4 Å². The summed E-state index contributed by atoms with van der Waals surface area (Å²) in [5, 5.41) is 9.08. The van der Waals surface area contributed by atoms with Gasteiger partial charge in [0.1, 0.15) is 19.0 Å². The van der Waals surface area contributed by atoms with Gasteiger partial charge in [0, 0.05) is 29.9 Å². The van der Waals surface area contributed by atoms with Crippen LogP contribution in [0.2, 0.25) is 0 Å². The molecule has 25 heavy (non-hydrogen) atoms. The molecule has 3 N–H and O–H groups in total. The molecule has 0 unspecified atom stereocenters. The molecule has 0 spiro atoms. The molecule has 0 bridgehead atoms. The van der Waals surface area contributed by atoms with Gasteiger partial charge in [0.2, 0.25) is 0 Å². The highest BCUT2D eigenvalue weighted by atomic mass is 16.6. The number of carboxylic acids is 1. The molecule has 1 aliphatic rings. The lowest BCUT2D eigenvalue weighted by Crippen LogP contribution is -2.15. The van der Waals surface area contributed by atoms with Gasteiger partial charge in [0.25, 0.3) is 0 Å². The van der Waals surface area contributed by atoms with E-state index in [0.717, 1.165) is 16.6 Å². The highest BCUT2D eigenvalue weighted by Gasteiger charge is 2.19. The van der Waals surface area contributed by atoms with Crippen LogP contribution in [0.3, 0.4) is 0 Å². The lowest BCUT2D eigenvalue weighted by Gasteiger charge is -2.18. The summed E-state index contributed by atoms with van der Waals surface area (Å²) < 4.78 is 13.1. The first-order chi connectivity index (χ1) is 12.1. The average molecular weight is 339 g/mol. The number of rotatable bonds is 4. The predicted octanol–water partition coefficient (Wildman–Crippen LogP) is 2.53. The predicted molar refractivity (Wildman–Crippen MR) is 92.8 cm³/mol. The number of fused-ring (bicyclic) bond motifs is 2. The van der Waals surface area contributed by atoms with Gasteiger partial charge in [-0.15, -0.1) is 0 Å². The number of carboxylic acid groups (broad SMARTS) is 1. The Morgan fingerprint density at radius 1 is 1.20 bits per heavy atom. The zero-order valence-corrected chi connectivity index (χ0v) is 13.4. The Balaban J connectivity index is 1.90. The number of anilines is 1. The minimum absolute atomic E-state index is 0.00474. The number of hydrogen-bond acceptors (Lipinski definition) is 5. The third-order valence-electron chi connectivity index (χ3n) is 4.11. The number of aryl methyl sites for hydroxylation is 1. The molecule has 1 aliphatic heterocycles. The van der Waals surface area contributed by atoms with Crippen molar-refractivity contribution in [3.8, 4) is 22.9 Å². The van der Waals surface area contributed by atoms with Crippen molar-refractivity contribution in [1.29, 1.82) is 0 Å². The fraction of sp³-hybridized carbons (Fsp3) is 0.222. The van der Waals surface area contributed by atoms with E-state index in [1.54, 1.807) is 6.07 Å². The lowest BCUT2D eigenvalue weighted by atomic mass is 10.2. The minimum Gasteiger partial charge on any atom is -0.486 e. The van der Waals surface area contributed by atoms with Crippen molar-refractivity contribution in [3.05, 3.63) is 36.4 Å². The fourth-order valence-electron chi connectivity index (χ4n) is 2.99. The van der Waals surface area contributed by atoms with Crippen LogP contribution >= 0.6 is 0 Å². The second-order valence-electron chi connectivity index (χ2n) is 5.84. The number of hydrogen-bond donors (Lipinski definition) is 2. The number of imidazole rings is 1. The van der Waals surface area contributed by atoms with Crippen molar-refractivity contribution in [1.82, 2.24) is 9.55 Å². The van der Waals surface area contributed by atoms with E-state index in [9.17, 15) is 4.79 Å². The fourth-order valence-corrected chi connectivity index (χ4v) is 2.99. The number of benzene rings is 2. The molecule has 0 saturated heterocycles. The minimum atomic E-state index is -0.863. The van der Waals surface area contributed by atoms with E-state index < -0.39 is 5.97 Å². The number of nitrogens with two attached hydrogens (primary N) is 1. The molecule has 0 fully saturated rings. The molecule has 0 atom stereocenters. The number of nitrogen functional groups attached to an aromatic ring is 1. The van der Waals surface area contributed by atoms with Gasteiger partial charge in [-0.05, 0) is 12.1 Å². The van der Waals surface area contributed by atoms with Gasteiger partial charge < -0.3 is 24.9 Å². The summed E-state index contributed by atoms with van der Waals surface area (Å²) in [6.45, 7) is 1.29. The van der Waals surface area contributed by atoms with E-state index in [4.69, 9.17) is 20.3 Å². The zero-order chi connectivity index (χ0) is 17.4. The highest BCUT2D eigenvalue weighted by molar-refractivity contribution is 5.85. The van der Waals surface area contributed by atoms with Crippen LogP contribution < -0.4 is 15.2 Å². The van der Waals surface area contributed by atoms with Crippen molar-refractivity contribution in [2.24, 2.45) is 0 Å². The van der Waals surface area contributed by atoms with Crippen molar-refractivity contribution in [2.45, 2.75) is 13.0 Å².